The van der Waals surface area contributed by atoms with Crippen LogP contribution in [0.25, 0.3) is 0 Å². The summed E-state index contributed by atoms with van der Waals surface area (Å²) in [6.45, 7) is 0. The molecule has 0 aliphatic heterocycles. The van der Waals surface area contributed by atoms with Gasteiger partial charge in [0.25, 0.3) is 0 Å². The topological polar surface area (TPSA) is 0 Å². The van der Waals surface area contributed by atoms with Gasteiger partial charge < -0.3 is 0 Å². The van der Waals surface area contributed by atoms with Gasteiger partial charge in [-0.2, -0.15) is 37.4 Å². The molecule has 0 heterocycles. The molecule has 17 heavy (non-hydrogen) atoms. The van der Waals surface area contributed by atoms with E-state index in [1.807, 2.05) is 24.3 Å². The van der Waals surface area contributed by atoms with Gasteiger partial charge in [0.2, 0.25) is 0 Å². The number of hydrogen-bond acceptors (Lipinski definition) is 0. The van der Waals surface area contributed by atoms with Crippen LogP contribution in [0.15, 0.2) is 48.5 Å². The summed E-state index contributed by atoms with van der Waals surface area (Å²) in [6.07, 6.45) is -4.29. The second-order valence-electron chi connectivity index (χ2n) is 3.50. The molecule has 0 amide bonds. The van der Waals surface area contributed by atoms with Gasteiger partial charge in [-0.05, 0) is 24.3 Å². The van der Waals surface area contributed by atoms with Gasteiger partial charge >= 0.3 is 6.18 Å². The van der Waals surface area contributed by atoms with Gasteiger partial charge in [-0.15, -0.1) is 11.5 Å². The normalized spacial score (nSPS) is 10.8. The van der Waals surface area contributed by atoms with Crippen molar-refractivity contribution in [3.8, 4) is 11.8 Å². The van der Waals surface area contributed by atoms with E-state index < -0.39 is 11.7 Å². The summed E-state index contributed by atoms with van der Waals surface area (Å²) in [5.41, 5.74) is 0.764. The Kier molecular flexibility index (Phi) is 2.97. The van der Waals surface area contributed by atoms with Gasteiger partial charge in [-0.3, -0.25) is 0 Å². The van der Waals surface area contributed by atoms with Crippen molar-refractivity contribution in [2.24, 2.45) is 0 Å². The van der Waals surface area contributed by atoms with Crippen molar-refractivity contribution in [1.82, 2.24) is 0 Å². The smallest absolute Gasteiger partial charge is 0.199 e. The van der Waals surface area contributed by atoms with Gasteiger partial charge in [0, 0.05) is 5.56 Å². The van der Waals surface area contributed by atoms with E-state index in [2.05, 4.69) is 11.8 Å². The first-order chi connectivity index (χ1) is 8.05. The third-order valence-corrected chi connectivity index (χ3v) is 2.23. The van der Waals surface area contributed by atoms with Crippen LogP contribution in [0, 0.1) is 11.8 Å². The van der Waals surface area contributed by atoms with Crippen LogP contribution in [-0.4, -0.2) is 0 Å². The predicted octanol–water partition coefficient (Wildman–Crippen LogP) is 3.82. The molecule has 0 N–H and O–H groups in total. The van der Waals surface area contributed by atoms with Crippen molar-refractivity contribution in [2.75, 3.05) is 0 Å². The molecule has 0 atom stereocenters. The van der Waals surface area contributed by atoms with E-state index in [-0.39, 0.29) is 0 Å². The van der Waals surface area contributed by atoms with Crippen LogP contribution in [0.2, 0.25) is 0 Å². The number of rotatable bonds is 0. The van der Waals surface area contributed by atoms with Crippen LogP contribution in [0.1, 0.15) is 16.7 Å². The zero-order valence-corrected chi connectivity index (χ0v) is 8.75. The average Bonchev–Trinajstić information content (AvgIpc) is 2.78. The summed E-state index contributed by atoms with van der Waals surface area (Å²) in [4.78, 5) is 0. The Balaban J connectivity index is 2.19. The Hall–Kier alpha value is -2.08. The first kappa shape index (κ1) is 11.4. The molecule has 0 aromatic heterocycles. The van der Waals surface area contributed by atoms with Crippen molar-refractivity contribution >= 4 is 0 Å². The highest BCUT2D eigenvalue weighted by molar-refractivity contribution is 5.43. The molecule has 0 saturated carbocycles. The molecule has 0 aliphatic carbocycles. The van der Waals surface area contributed by atoms with Gasteiger partial charge in [-0.1, -0.05) is 5.92 Å². The summed E-state index contributed by atoms with van der Waals surface area (Å²) in [6, 6.07) is 12.2. The van der Waals surface area contributed by atoms with Crippen LogP contribution >= 0.6 is 0 Å². The minimum Gasteiger partial charge on any atom is -0.199 e. The molecule has 86 valence electrons. The second kappa shape index (κ2) is 4.42. The summed E-state index contributed by atoms with van der Waals surface area (Å²) in [7, 11) is 0. The van der Waals surface area contributed by atoms with Crippen LogP contribution in [0.4, 0.5) is 13.2 Å². The minimum absolute atomic E-state index is 0.569. The predicted molar refractivity (Wildman–Crippen MR) is 59.5 cm³/mol. The van der Waals surface area contributed by atoms with Gasteiger partial charge in [0.1, 0.15) is 0 Å². The highest BCUT2D eigenvalue weighted by Gasteiger charge is 2.29. The maximum Gasteiger partial charge on any atom is 0.416 e. The molecular weight excluding hydrogens is 225 g/mol. The first-order valence-corrected chi connectivity index (χ1v) is 4.97. The van der Waals surface area contributed by atoms with Crippen molar-refractivity contribution < 1.29 is 13.2 Å². The molecule has 0 bridgehead atoms. The minimum atomic E-state index is -4.29. The number of alkyl halides is 3. The van der Waals surface area contributed by atoms with E-state index in [4.69, 9.17) is 0 Å². The molecule has 2 aromatic carbocycles. The summed E-state index contributed by atoms with van der Waals surface area (Å²) in [5, 5.41) is 0. The SMILES string of the molecule is FC(F)(F)c1ccc(C#Cc2cc[cH-]c2)cc1. The number of hydrogen-bond donors (Lipinski definition) is 0. The van der Waals surface area contributed by atoms with E-state index >= 15 is 0 Å². The quantitative estimate of drug-likeness (QED) is 0.479. The summed E-state index contributed by atoms with van der Waals surface area (Å²) in [5.74, 6) is 5.68. The maximum absolute atomic E-state index is 12.3. The Morgan fingerprint density at radius 1 is 0.882 bits per heavy atom. The number of halogens is 3. The fourth-order valence-corrected chi connectivity index (χ4v) is 1.34. The first-order valence-electron chi connectivity index (χ1n) is 4.97. The lowest BCUT2D eigenvalue weighted by Gasteiger charge is -2.05. The van der Waals surface area contributed by atoms with Crippen molar-refractivity contribution in [3.05, 3.63) is 65.2 Å². The molecule has 0 saturated heterocycles. The highest BCUT2D eigenvalue weighted by Crippen LogP contribution is 2.28. The number of benzene rings is 1. The lowest BCUT2D eigenvalue weighted by Crippen LogP contribution is -2.04. The highest BCUT2D eigenvalue weighted by atomic mass is 19.4. The van der Waals surface area contributed by atoms with Gasteiger partial charge in [0.05, 0.1) is 5.56 Å². The Labute approximate surface area is 97.1 Å². The molecule has 2 rings (SSSR count). The van der Waals surface area contributed by atoms with Gasteiger partial charge in [-0.25, -0.2) is 0 Å². The Morgan fingerprint density at radius 3 is 2.06 bits per heavy atom. The molecule has 0 aliphatic rings. The molecular formula is C14H8F3-. The van der Waals surface area contributed by atoms with Crippen molar-refractivity contribution in [1.29, 1.82) is 0 Å². The lowest BCUT2D eigenvalue weighted by atomic mass is 10.1. The monoisotopic (exact) mass is 233 g/mol. The molecule has 0 unspecified atom stereocenters. The fourth-order valence-electron chi connectivity index (χ4n) is 1.34. The Bertz CT molecular complexity index is 534. The zero-order chi connectivity index (χ0) is 12.3. The molecule has 2 aromatic rings. The van der Waals surface area contributed by atoms with E-state index in [0.717, 1.165) is 17.7 Å². The van der Waals surface area contributed by atoms with E-state index in [9.17, 15) is 13.2 Å². The van der Waals surface area contributed by atoms with E-state index in [1.54, 1.807) is 0 Å². The van der Waals surface area contributed by atoms with E-state index in [0.29, 0.717) is 5.56 Å². The zero-order valence-electron chi connectivity index (χ0n) is 8.75. The van der Waals surface area contributed by atoms with Crippen LogP contribution in [-0.2, 0) is 6.18 Å². The maximum atomic E-state index is 12.3. The van der Waals surface area contributed by atoms with Crippen LogP contribution in [0.3, 0.4) is 0 Å². The van der Waals surface area contributed by atoms with Crippen molar-refractivity contribution in [3.63, 3.8) is 0 Å². The van der Waals surface area contributed by atoms with Gasteiger partial charge in [0.15, 0.2) is 0 Å². The second-order valence-corrected chi connectivity index (χ2v) is 3.50. The molecule has 0 radical (unpaired) electrons. The molecule has 0 fully saturated rings. The third kappa shape index (κ3) is 2.94. The standard InChI is InChI=1S/C14H8F3/c15-14(16,17)13-9-7-12(8-10-13)6-5-11-3-1-2-4-11/h1-4,7-10H/q-1. The largest absolute Gasteiger partial charge is 0.416 e. The van der Waals surface area contributed by atoms with Crippen LogP contribution < -0.4 is 0 Å². The molecule has 0 spiro atoms. The summed E-state index contributed by atoms with van der Waals surface area (Å²) >= 11 is 0. The van der Waals surface area contributed by atoms with Crippen molar-refractivity contribution in [2.45, 2.75) is 6.18 Å². The fraction of sp³-hybridized carbons (Fsp3) is 0.0714. The molecule has 3 heteroatoms. The lowest BCUT2D eigenvalue weighted by molar-refractivity contribution is -0.137. The van der Waals surface area contributed by atoms with E-state index in [1.165, 1.54) is 12.1 Å². The third-order valence-electron chi connectivity index (χ3n) is 2.23. The average molecular weight is 233 g/mol. The molecule has 0 nitrogen and oxygen atoms in total. The summed E-state index contributed by atoms with van der Waals surface area (Å²) < 4.78 is 36.9. The van der Waals surface area contributed by atoms with Crippen LogP contribution in [0.5, 0.6) is 0 Å². The Morgan fingerprint density at radius 2 is 1.53 bits per heavy atom.